The van der Waals surface area contributed by atoms with Crippen molar-refractivity contribution in [1.82, 2.24) is 0 Å². The van der Waals surface area contributed by atoms with Gasteiger partial charge in [-0.05, 0) is 0 Å². The molecule has 7 heteroatoms. The minimum absolute atomic E-state index is 0.977. The molecule has 0 aromatic heterocycles. The van der Waals surface area contributed by atoms with Gasteiger partial charge in [-0.25, -0.2) is 4.79 Å². The summed E-state index contributed by atoms with van der Waals surface area (Å²) in [7, 11) is 0. The molecular formula is C7H7F3O4. The summed E-state index contributed by atoms with van der Waals surface area (Å²) in [4.78, 5) is 20.5. The van der Waals surface area contributed by atoms with Crippen LogP contribution in [0, 0.1) is 5.92 Å². The molecule has 0 aliphatic rings. The van der Waals surface area contributed by atoms with Crippen LogP contribution in [-0.2, 0) is 9.59 Å². The smallest absolute Gasteiger partial charge is 0.390 e. The van der Waals surface area contributed by atoms with Crippen LogP contribution in [0.1, 0.15) is 6.42 Å². The summed E-state index contributed by atoms with van der Waals surface area (Å²) in [6, 6.07) is 0. The maximum Gasteiger partial charge on any atom is 0.390 e. The maximum atomic E-state index is 11.8. The Kier molecular flexibility index (Phi) is 3.67. The number of hydrogen-bond donors (Lipinski definition) is 2. The van der Waals surface area contributed by atoms with Gasteiger partial charge in [0.1, 0.15) is 0 Å². The Labute approximate surface area is 76.6 Å². The summed E-state index contributed by atoms with van der Waals surface area (Å²) in [5, 5.41) is 16.6. The predicted molar refractivity (Wildman–Crippen MR) is 38.6 cm³/mol. The van der Waals surface area contributed by atoms with Crippen LogP contribution in [0.3, 0.4) is 0 Å². The number of carbonyl (C=O) groups is 2. The summed E-state index contributed by atoms with van der Waals surface area (Å²) in [5.74, 6) is -5.73. The van der Waals surface area contributed by atoms with Gasteiger partial charge < -0.3 is 10.2 Å². The fraction of sp³-hybridized carbons (Fsp3) is 0.429. The van der Waals surface area contributed by atoms with Crippen LogP contribution in [-0.4, -0.2) is 28.3 Å². The summed E-state index contributed by atoms with van der Waals surface area (Å²) in [6.07, 6.45) is -6.46. The fourth-order valence-corrected chi connectivity index (χ4v) is 0.740. The van der Waals surface area contributed by atoms with Crippen LogP contribution in [0.5, 0.6) is 0 Å². The van der Waals surface area contributed by atoms with E-state index in [1.165, 1.54) is 0 Å². The SMILES string of the molecule is C=C(C(=O)O)C(CC(F)(F)F)C(=O)O. The second-order valence-corrected chi connectivity index (χ2v) is 2.54. The minimum atomic E-state index is -4.73. The molecule has 14 heavy (non-hydrogen) atoms. The molecule has 0 heterocycles. The molecule has 0 radical (unpaired) electrons. The molecule has 4 nitrogen and oxygen atoms in total. The Hall–Kier alpha value is -1.53. The summed E-state index contributed by atoms with van der Waals surface area (Å²) >= 11 is 0. The third-order valence-electron chi connectivity index (χ3n) is 1.43. The Bertz CT molecular complexity index is 269. The first kappa shape index (κ1) is 12.5. The van der Waals surface area contributed by atoms with Crippen LogP contribution >= 0.6 is 0 Å². The largest absolute Gasteiger partial charge is 0.481 e. The molecule has 0 aliphatic heterocycles. The van der Waals surface area contributed by atoms with Gasteiger partial charge in [0.2, 0.25) is 0 Å². The van der Waals surface area contributed by atoms with E-state index in [1.807, 2.05) is 0 Å². The Morgan fingerprint density at radius 2 is 1.71 bits per heavy atom. The molecule has 0 aromatic carbocycles. The second kappa shape index (κ2) is 4.12. The van der Waals surface area contributed by atoms with Crippen molar-refractivity contribution in [3.8, 4) is 0 Å². The number of hydrogen-bond acceptors (Lipinski definition) is 2. The molecule has 0 saturated carbocycles. The molecule has 0 bridgehead atoms. The van der Waals surface area contributed by atoms with Crippen molar-refractivity contribution in [1.29, 1.82) is 0 Å². The Morgan fingerprint density at radius 1 is 1.29 bits per heavy atom. The van der Waals surface area contributed by atoms with Crippen LogP contribution in [0.2, 0.25) is 0 Å². The van der Waals surface area contributed by atoms with Gasteiger partial charge in [-0.1, -0.05) is 6.58 Å². The van der Waals surface area contributed by atoms with Crippen molar-refractivity contribution in [3.05, 3.63) is 12.2 Å². The maximum absolute atomic E-state index is 11.8. The molecule has 1 atom stereocenters. The fourth-order valence-electron chi connectivity index (χ4n) is 0.740. The van der Waals surface area contributed by atoms with Crippen LogP contribution in [0.4, 0.5) is 13.2 Å². The van der Waals surface area contributed by atoms with Crippen molar-refractivity contribution in [3.63, 3.8) is 0 Å². The quantitative estimate of drug-likeness (QED) is 0.688. The van der Waals surface area contributed by atoms with Gasteiger partial charge in [0.25, 0.3) is 0 Å². The van der Waals surface area contributed by atoms with Gasteiger partial charge in [-0.3, -0.25) is 4.79 Å². The van der Waals surface area contributed by atoms with E-state index in [2.05, 4.69) is 6.58 Å². The number of aliphatic carboxylic acids is 2. The lowest BCUT2D eigenvalue weighted by Crippen LogP contribution is -2.26. The van der Waals surface area contributed by atoms with Crippen LogP contribution in [0.15, 0.2) is 12.2 Å². The molecule has 0 aliphatic carbocycles. The zero-order valence-electron chi connectivity index (χ0n) is 6.84. The monoisotopic (exact) mass is 212 g/mol. The Balaban J connectivity index is 4.71. The summed E-state index contributed by atoms with van der Waals surface area (Å²) < 4.78 is 35.4. The molecule has 80 valence electrons. The zero-order chi connectivity index (χ0) is 11.5. The van der Waals surface area contributed by atoms with Crippen LogP contribution in [0.25, 0.3) is 0 Å². The first-order chi connectivity index (χ1) is 6.15. The van der Waals surface area contributed by atoms with E-state index in [1.54, 1.807) is 0 Å². The van der Waals surface area contributed by atoms with Gasteiger partial charge in [0.05, 0.1) is 12.3 Å². The highest BCUT2D eigenvalue weighted by Crippen LogP contribution is 2.28. The number of halogens is 3. The molecule has 2 N–H and O–H groups in total. The van der Waals surface area contributed by atoms with E-state index in [0.717, 1.165) is 0 Å². The molecule has 0 saturated heterocycles. The molecular weight excluding hydrogens is 205 g/mol. The van der Waals surface area contributed by atoms with Crippen molar-refractivity contribution in [2.75, 3.05) is 0 Å². The van der Waals surface area contributed by atoms with Gasteiger partial charge in [0.15, 0.2) is 0 Å². The molecule has 0 amide bonds. The Morgan fingerprint density at radius 3 is 1.93 bits per heavy atom. The van der Waals surface area contributed by atoms with Crippen molar-refractivity contribution in [2.24, 2.45) is 5.92 Å². The molecule has 0 aromatic rings. The zero-order valence-corrected chi connectivity index (χ0v) is 6.84. The highest BCUT2D eigenvalue weighted by atomic mass is 19.4. The third kappa shape index (κ3) is 3.92. The van der Waals surface area contributed by atoms with Gasteiger partial charge in [-0.15, -0.1) is 0 Å². The topological polar surface area (TPSA) is 74.6 Å². The lowest BCUT2D eigenvalue weighted by Gasteiger charge is -2.13. The van der Waals surface area contributed by atoms with Crippen LogP contribution < -0.4 is 0 Å². The van der Waals surface area contributed by atoms with Crippen molar-refractivity contribution >= 4 is 11.9 Å². The van der Waals surface area contributed by atoms with E-state index >= 15 is 0 Å². The van der Waals surface area contributed by atoms with Gasteiger partial charge in [0, 0.05) is 5.57 Å². The number of alkyl halides is 3. The van der Waals surface area contributed by atoms with E-state index in [0.29, 0.717) is 0 Å². The van der Waals surface area contributed by atoms with Crippen molar-refractivity contribution < 1.29 is 33.0 Å². The average molecular weight is 212 g/mol. The third-order valence-corrected chi connectivity index (χ3v) is 1.43. The average Bonchev–Trinajstić information content (AvgIpc) is 1.96. The second-order valence-electron chi connectivity index (χ2n) is 2.54. The predicted octanol–water partition coefficient (Wildman–Crippen LogP) is 1.28. The standard InChI is InChI=1S/C7H7F3O4/c1-3(5(11)12)4(6(13)14)2-7(8,9)10/h4H,1-2H2,(H,11,12)(H,13,14). The molecule has 1 unspecified atom stereocenters. The number of rotatable bonds is 4. The first-order valence-corrected chi connectivity index (χ1v) is 3.37. The van der Waals surface area contributed by atoms with E-state index in [4.69, 9.17) is 10.2 Å². The van der Waals surface area contributed by atoms with Crippen molar-refractivity contribution in [2.45, 2.75) is 12.6 Å². The summed E-state index contributed by atoms with van der Waals surface area (Å²) in [5.41, 5.74) is -0.977. The molecule has 0 spiro atoms. The van der Waals surface area contributed by atoms with E-state index in [-0.39, 0.29) is 0 Å². The molecule has 0 rings (SSSR count). The minimum Gasteiger partial charge on any atom is -0.481 e. The van der Waals surface area contributed by atoms with Gasteiger partial charge >= 0.3 is 18.1 Å². The first-order valence-electron chi connectivity index (χ1n) is 3.37. The summed E-state index contributed by atoms with van der Waals surface area (Å²) in [6.45, 7) is 2.78. The molecule has 0 fully saturated rings. The number of carboxylic acid groups (broad SMARTS) is 2. The van der Waals surface area contributed by atoms with Gasteiger partial charge in [-0.2, -0.15) is 13.2 Å². The lowest BCUT2D eigenvalue weighted by molar-refractivity contribution is -0.162. The highest BCUT2D eigenvalue weighted by Gasteiger charge is 2.38. The number of carboxylic acids is 2. The van der Waals surface area contributed by atoms with E-state index in [9.17, 15) is 22.8 Å². The normalized spacial score (nSPS) is 13.4. The lowest BCUT2D eigenvalue weighted by atomic mass is 9.97. The van der Waals surface area contributed by atoms with E-state index < -0.39 is 36.0 Å². The highest BCUT2D eigenvalue weighted by molar-refractivity contribution is 5.93.